The first-order valence-electron chi connectivity index (χ1n) is 12.5. The van der Waals surface area contributed by atoms with Crippen LogP contribution in [0.3, 0.4) is 0 Å². The van der Waals surface area contributed by atoms with Crippen LogP contribution in [0, 0.1) is 17.2 Å². The van der Waals surface area contributed by atoms with Crippen molar-refractivity contribution in [1.82, 2.24) is 20.5 Å². The number of hydrogen-bond donors (Lipinski definition) is 3. The number of carbonyl (C=O) groups is 2. The molecule has 1 atom stereocenters. The van der Waals surface area contributed by atoms with E-state index in [1.54, 1.807) is 24.3 Å². The normalized spacial score (nSPS) is 25.0. The molecule has 0 spiro atoms. The van der Waals surface area contributed by atoms with Gasteiger partial charge in [-0.2, -0.15) is 0 Å². The average Bonchev–Trinajstić information content (AvgIpc) is 3.60. The van der Waals surface area contributed by atoms with Crippen molar-refractivity contribution in [3.63, 3.8) is 0 Å². The van der Waals surface area contributed by atoms with Crippen LogP contribution in [0.1, 0.15) is 69.6 Å². The SMILES string of the molecule is N=C(C1CC1)C(CNC1CC(CN2C(=O)c3ccccc3C2=O)C1)c1cccc(C2CNC2)n1. The molecule has 1 aromatic heterocycles. The average molecular weight is 458 g/mol. The predicted molar refractivity (Wildman–Crippen MR) is 129 cm³/mol. The zero-order chi connectivity index (χ0) is 23.2. The predicted octanol–water partition coefficient (Wildman–Crippen LogP) is 2.95. The molecule has 6 rings (SSSR count). The first-order valence-corrected chi connectivity index (χ1v) is 12.5. The Balaban J connectivity index is 1.05. The third-order valence-electron chi connectivity index (χ3n) is 7.91. The van der Waals surface area contributed by atoms with Crippen molar-refractivity contribution in [1.29, 1.82) is 5.41 Å². The first kappa shape index (κ1) is 21.6. The van der Waals surface area contributed by atoms with Crippen molar-refractivity contribution in [2.24, 2.45) is 11.8 Å². The van der Waals surface area contributed by atoms with E-state index in [9.17, 15) is 9.59 Å². The van der Waals surface area contributed by atoms with Crippen LogP contribution in [0.25, 0.3) is 0 Å². The van der Waals surface area contributed by atoms with E-state index in [0.717, 1.165) is 62.4 Å². The van der Waals surface area contributed by atoms with Gasteiger partial charge in [0.2, 0.25) is 0 Å². The molecule has 1 aromatic carbocycles. The van der Waals surface area contributed by atoms with Gasteiger partial charge in [0.15, 0.2) is 0 Å². The van der Waals surface area contributed by atoms with Gasteiger partial charge in [-0.1, -0.05) is 18.2 Å². The Morgan fingerprint density at radius 3 is 2.38 bits per heavy atom. The van der Waals surface area contributed by atoms with Crippen LogP contribution in [-0.4, -0.2) is 59.6 Å². The minimum absolute atomic E-state index is 0.00997. The molecule has 3 heterocycles. The Labute approximate surface area is 199 Å². The first-order chi connectivity index (χ1) is 16.6. The number of benzene rings is 1. The maximum atomic E-state index is 12.6. The van der Waals surface area contributed by atoms with E-state index >= 15 is 0 Å². The highest BCUT2D eigenvalue weighted by atomic mass is 16.2. The van der Waals surface area contributed by atoms with E-state index in [0.29, 0.717) is 41.5 Å². The standard InChI is InChI=1S/C27H31N5O2/c28-25(17-8-9-17)22(24-7-3-6-23(31-24)18-12-29-13-18)14-30-19-10-16(11-19)15-32-26(33)20-4-1-2-5-21(20)27(32)34/h1-7,16-19,22,28-30H,8-15H2. The minimum Gasteiger partial charge on any atom is -0.315 e. The van der Waals surface area contributed by atoms with E-state index in [2.05, 4.69) is 28.8 Å². The molecule has 3 fully saturated rings. The number of pyridine rings is 1. The van der Waals surface area contributed by atoms with Gasteiger partial charge in [-0.3, -0.25) is 19.5 Å². The molecule has 1 saturated heterocycles. The smallest absolute Gasteiger partial charge is 0.261 e. The number of aromatic nitrogens is 1. The number of nitrogens with zero attached hydrogens (tertiary/aromatic N) is 2. The molecular weight excluding hydrogens is 426 g/mol. The Morgan fingerprint density at radius 2 is 1.76 bits per heavy atom. The van der Waals surface area contributed by atoms with Crippen LogP contribution >= 0.6 is 0 Å². The lowest BCUT2D eigenvalue weighted by Gasteiger charge is -2.38. The summed E-state index contributed by atoms with van der Waals surface area (Å²) >= 11 is 0. The maximum Gasteiger partial charge on any atom is 0.261 e. The van der Waals surface area contributed by atoms with Gasteiger partial charge in [0, 0.05) is 49.5 Å². The monoisotopic (exact) mass is 457 g/mol. The van der Waals surface area contributed by atoms with Crippen LogP contribution in [-0.2, 0) is 0 Å². The number of rotatable bonds is 9. The lowest BCUT2D eigenvalue weighted by Crippen LogP contribution is -2.48. The Bertz CT molecular complexity index is 1100. The number of hydrogen-bond acceptors (Lipinski definition) is 6. The number of fused-ring (bicyclic) bond motifs is 1. The number of amides is 2. The molecule has 0 radical (unpaired) electrons. The topological polar surface area (TPSA) is 98.2 Å². The summed E-state index contributed by atoms with van der Waals surface area (Å²) in [5.74, 6) is 0.901. The van der Waals surface area contributed by atoms with Crippen molar-refractivity contribution in [2.45, 2.75) is 43.6 Å². The molecule has 2 aliphatic carbocycles. The summed E-state index contributed by atoms with van der Waals surface area (Å²) in [7, 11) is 0. The fraction of sp³-hybridized carbons (Fsp3) is 0.481. The van der Waals surface area contributed by atoms with Crippen molar-refractivity contribution in [3.05, 3.63) is 65.0 Å². The lowest BCUT2D eigenvalue weighted by atomic mass is 9.79. The maximum absolute atomic E-state index is 12.6. The molecule has 7 heteroatoms. The molecule has 2 aliphatic heterocycles. The van der Waals surface area contributed by atoms with Gasteiger partial charge in [0.05, 0.1) is 22.7 Å². The quantitative estimate of drug-likeness (QED) is 0.397. The Hall–Kier alpha value is -2.90. The molecule has 176 valence electrons. The second kappa shape index (κ2) is 8.71. The van der Waals surface area contributed by atoms with Gasteiger partial charge in [-0.05, 0) is 61.8 Å². The van der Waals surface area contributed by atoms with Crippen molar-refractivity contribution in [3.8, 4) is 0 Å². The summed E-state index contributed by atoms with van der Waals surface area (Å²) in [6.07, 6.45) is 4.12. The number of carbonyl (C=O) groups excluding carboxylic acids is 2. The second-order valence-electron chi connectivity index (χ2n) is 10.3. The van der Waals surface area contributed by atoms with E-state index in [1.807, 2.05) is 0 Å². The van der Waals surface area contributed by atoms with E-state index in [4.69, 9.17) is 10.4 Å². The number of imide groups is 1. The summed E-state index contributed by atoms with van der Waals surface area (Å²) in [5, 5.41) is 15.8. The van der Waals surface area contributed by atoms with Gasteiger partial charge >= 0.3 is 0 Å². The molecule has 7 nitrogen and oxygen atoms in total. The van der Waals surface area contributed by atoms with Crippen LogP contribution in [0.4, 0.5) is 0 Å². The fourth-order valence-electron chi connectivity index (χ4n) is 5.44. The summed E-state index contributed by atoms with van der Waals surface area (Å²) in [5.41, 5.74) is 4.00. The summed E-state index contributed by atoms with van der Waals surface area (Å²) < 4.78 is 0. The molecule has 1 unspecified atom stereocenters. The zero-order valence-corrected chi connectivity index (χ0v) is 19.3. The van der Waals surface area contributed by atoms with Gasteiger partial charge < -0.3 is 16.0 Å². The zero-order valence-electron chi connectivity index (χ0n) is 19.3. The van der Waals surface area contributed by atoms with Gasteiger partial charge in [0.1, 0.15) is 0 Å². The van der Waals surface area contributed by atoms with Gasteiger partial charge in [0.25, 0.3) is 11.8 Å². The third kappa shape index (κ3) is 3.97. The molecule has 2 amide bonds. The highest BCUT2D eigenvalue weighted by Crippen LogP contribution is 2.37. The molecule has 3 N–H and O–H groups in total. The van der Waals surface area contributed by atoms with E-state index in [1.165, 1.54) is 4.90 Å². The number of nitrogens with one attached hydrogen (secondary N) is 3. The Morgan fingerprint density at radius 1 is 1.06 bits per heavy atom. The highest BCUT2D eigenvalue weighted by Gasteiger charge is 2.40. The van der Waals surface area contributed by atoms with Crippen molar-refractivity contribution >= 4 is 17.5 Å². The fourth-order valence-corrected chi connectivity index (χ4v) is 5.44. The van der Waals surface area contributed by atoms with E-state index < -0.39 is 0 Å². The van der Waals surface area contributed by atoms with Crippen LogP contribution in [0.2, 0.25) is 0 Å². The summed E-state index contributed by atoms with van der Waals surface area (Å²) in [6, 6.07) is 13.7. The van der Waals surface area contributed by atoms with Crippen LogP contribution in [0.5, 0.6) is 0 Å². The molecule has 34 heavy (non-hydrogen) atoms. The van der Waals surface area contributed by atoms with E-state index in [-0.39, 0.29) is 17.7 Å². The minimum atomic E-state index is -0.164. The third-order valence-corrected chi connectivity index (χ3v) is 7.91. The summed E-state index contributed by atoms with van der Waals surface area (Å²) in [4.78, 5) is 31.7. The van der Waals surface area contributed by atoms with Gasteiger partial charge in [-0.15, -0.1) is 0 Å². The lowest BCUT2D eigenvalue weighted by molar-refractivity contribution is 0.0580. The largest absolute Gasteiger partial charge is 0.315 e. The van der Waals surface area contributed by atoms with Crippen molar-refractivity contribution < 1.29 is 9.59 Å². The molecule has 2 saturated carbocycles. The molecule has 2 aromatic rings. The van der Waals surface area contributed by atoms with Crippen molar-refractivity contribution in [2.75, 3.05) is 26.2 Å². The molecule has 4 aliphatic rings. The van der Waals surface area contributed by atoms with Gasteiger partial charge in [-0.25, -0.2) is 0 Å². The second-order valence-corrected chi connectivity index (χ2v) is 10.3. The highest BCUT2D eigenvalue weighted by molar-refractivity contribution is 6.21. The van der Waals surface area contributed by atoms with Crippen LogP contribution in [0.15, 0.2) is 42.5 Å². The Kier molecular flexibility index (Phi) is 5.54. The molecule has 0 bridgehead atoms. The summed E-state index contributed by atoms with van der Waals surface area (Å²) in [6.45, 7) is 3.18. The molecular formula is C27H31N5O2. The van der Waals surface area contributed by atoms with Crippen LogP contribution < -0.4 is 10.6 Å².